The molecule has 1 saturated heterocycles. The van der Waals surface area contributed by atoms with Crippen molar-refractivity contribution in [3.05, 3.63) is 41.5 Å². The van der Waals surface area contributed by atoms with E-state index in [1.54, 1.807) is 28.6 Å². The van der Waals surface area contributed by atoms with E-state index in [1.807, 2.05) is 7.05 Å². The fourth-order valence-corrected chi connectivity index (χ4v) is 3.03. The van der Waals surface area contributed by atoms with Gasteiger partial charge in [0.15, 0.2) is 0 Å². The lowest BCUT2D eigenvalue weighted by atomic mass is 10.0. The minimum Gasteiger partial charge on any atom is -0.340 e. The Morgan fingerprint density at radius 2 is 2.16 bits per heavy atom. The van der Waals surface area contributed by atoms with Crippen LogP contribution < -0.4 is 5.32 Å². The number of hydrogen-bond acceptors (Lipinski definition) is 5. The molecule has 25 heavy (non-hydrogen) atoms. The summed E-state index contributed by atoms with van der Waals surface area (Å²) in [7, 11) is 1.82. The number of halogens is 2. The third-order valence-corrected chi connectivity index (χ3v) is 4.51. The van der Waals surface area contributed by atoms with Crippen LogP contribution in [0.15, 0.2) is 24.3 Å². The number of aryl methyl sites for hydroxylation is 1. The Morgan fingerprint density at radius 3 is 2.72 bits per heavy atom. The van der Waals surface area contributed by atoms with Crippen LogP contribution >= 0.6 is 12.4 Å². The van der Waals surface area contributed by atoms with E-state index in [4.69, 9.17) is 0 Å². The second-order valence-electron chi connectivity index (χ2n) is 6.11. The molecule has 0 saturated carbocycles. The summed E-state index contributed by atoms with van der Waals surface area (Å²) in [5.41, 5.74) is 0.864. The third-order valence-electron chi connectivity index (χ3n) is 4.51. The maximum absolute atomic E-state index is 13.1. The number of likely N-dealkylation sites (N-methyl/N-ethyl adjacent to an activating group) is 1. The Bertz CT molecular complexity index is 701. The minimum absolute atomic E-state index is 0. The summed E-state index contributed by atoms with van der Waals surface area (Å²) in [5.74, 6) is 0.242. The van der Waals surface area contributed by atoms with Gasteiger partial charge >= 0.3 is 0 Å². The molecule has 3 rings (SSSR count). The van der Waals surface area contributed by atoms with Gasteiger partial charge < -0.3 is 10.2 Å². The molecule has 1 aliphatic heterocycles. The minimum atomic E-state index is -0.545. The fourth-order valence-electron chi connectivity index (χ4n) is 3.03. The number of benzene rings is 1. The number of amides is 1. The molecule has 0 spiro atoms. The number of nitrogens with zero attached hydrogens (tertiary/aromatic N) is 5. The van der Waals surface area contributed by atoms with E-state index in [-0.39, 0.29) is 30.2 Å². The Morgan fingerprint density at radius 1 is 1.44 bits per heavy atom. The number of nitrogens with one attached hydrogen (secondary N) is 1. The van der Waals surface area contributed by atoms with E-state index in [2.05, 4.69) is 20.8 Å². The van der Waals surface area contributed by atoms with Crippen LogP contribution in [0.3, 0.4) is 0 Å². The zero-order valence-electron chi connectivity index (χ0n) is 14.2. The number of rotatable bonds is 5. The molecule has 2 atom stereocenters. The van der Waals surface area contributed by atoms with Crippen LogP contribution in [0.25, 0.3) is 0 Å². The summed E-state index contributed by atoms with van der Waals surface area (Å²) in [6.45, 7) is 3.47. The second kappa shape index (κ2) is 8.35. The molecule has 2 heterocycles. The lowest BCUT2D eigenvalue weighted by Gasteiger charge is -2.28. The predicted molar refractivity (Wildman–Crippen MR) is 93.0 cm³/mol. The highest BCUT2D eigenvalue weighted by Crippen LogP contribution is 2.20. The Kier molecular flexibility index (Phi) is 6.44. The molecule has 2 aromatic rings. The highest BCUT2D eigenvalue weighted by Gasteiger charge is 2.31. The van der Waals surface area contributed by atoms with Crippen molar-refractivity contribution in [3.8, 4) is 0 Å². The van der Waals surface area contributed by atoms with Crippen molar-refractivity contribution in [2.75, 3.05) is 20.1 Å². The summed E-state index contributed by atoms with van der Waals surface area (Å²) in [4.78, 5) is 14.8. The van der Waals surface area contributed by atoms with Crippen LogP contribution in [0, 0.1) is 12.7 Å². The molecule has 1 fully saturated rings. The molecule has 1 aromatic heterocycles. The highest BCUT2D eigenvalue weighted by molar-refractivity contribution is 5.85. The van der Waals surface area contributed by atoms with Gasteiger partial charge in [-0.2, -0.15) is 0 Å². The van der Waals surface area contributed by atoms with Crippen LogP contribution in [0.5, 0.6) is 0 Å². The first-order valence-corrected chi connectivity index (χ1v) is 8.02. The van der Waals surface area contributed by atoms with Crippen LogP contribution in [-0.2, 0) is 11.2 Å². The van der Waals surface area contributed by atoms with E-state index in [9.17, 15) is 9.18 Å². The molecule has 0 radical (unpaired) electrons. The van der Waals surface area contributed by atoms with Crippen LogP contribution in [0.4, 0.5) is 4.39 Å². The molecular formula is C16H22ClFN6O. The lowest BCUT2D eigenvalue weighted by Crippen LogP contribution is -2.43. The van der Waals surface area contributed by atoms with E-state index in [1.165, 1.54) is 12.1 Å². The molecule has 136 valence electrons. The van der Waals surface area contributed by atoms with E-state index < -0.39 is 6.04 Å². The summed E-state index contributed by atoms with van der Waals surface area (Å²) in [6.07, 6.45) is 1.34. The average Bonchev–Trinajstić information content (AvgIpc) is 3.25. The van der Waals surface area contributed by atoms with Crippen molar-refractivity contribution < 1.29 is 9.18 Å². The molecule has 2 unspecified atom stereocenters. The quantitative estimate of drug-likeness (QED) is 0.856. The van der Waals surface area contributed by atoms with Gasteiger partial charge in [-0.1, -0.05) is 12.1 Å². The first-order valence-electron chi connectivity index (χ1n) is 8.02. The van der Waals surface area contributed by atoms with Crippen molar-refractivity contribution >= 4 is 18.3 Å². The van der Waals surface area contributed by atoms with Gasteiger partial charge in [-0.05, 0) is 48.0 Å². The molecule has 9 heteroatoms. The molecule has 1 aromatic carbocycles. The standard InChI is InChI=1S/C16H21FN6O.ClH/c1-11-19-20-21-23(11)15(9-12-3-5-13(17)6-4-12)16(24)22(2)14-7-8-18-10-14;/h3-6,14-15,18H,7-10H2,1-2H3;1H. The second-order valence-corrected chi connectivity index (χ2v) is 6.11. The zero-order chi connectivity index (χ0) is 17.1. The zero-order valence-corrected chi connectivity index (χ0v) is 15.0. The average molecular weight is 369 g/mol. The normalized spacial score (nSPS) is 17.8. The van der Waals surface area contributed by atoms with Gasteiger partial charge in [-0.3, -0.25) is 4.79 Å². The molecule has 1 N–H and O–H groups in total. The SMILES string of the molecule is Cc1nnnn1C(Cc1ccc(F)cc1)C(=O)N(C)C1CCNC1.Cl. The Balaban J connectivity index is 0.00000225. The maximum atomic E-state index is 13.1. The molecule has 0 bridgehead atoms. The topological polar surface area (TPSA) is 75.9 Å². The van der Waals surface area contributed by atoms with E-state index >= 15 is 0 Å². The lowest BCUT2D eigenvalue weighted by molar-refractivity contribution is -0.135. The van der Waals surface area contributed by atoms with Crippen molar-refractivity contribution in [1.29, 1.82) is 0 Å². The summed E-state index contributed by atoms with van der Waals surface area (Å²) >= 11 is 0. The van der Waals surface area contributed by atoms with Crippen LogP contribution in [-0.4, -0.2) is 57.2 Å². The fraction of sp³-hybridized carbons (Fsp3) is 0.500. The van der Waals surface area contributed by atoms with Gasteiger partial charge in [0, 0.05) is 26.1 Å². The summed E-state index contributed by atoms with van der Waals surface area (Å²) < 4.78 is 14.7. The summed E-state index contributed by atoms with van der Waals surface area (Å²) in [6, 6.07) is 5.79. The smallest absolute Gasteiger partial charge is 0.247 e. The van der Waals surface area contributed by atoms with Crippen molar-refractivity contribution in [2.24, 2.45) is 0 Å². The molecule has 1 amide bonds. The number of hydrogen-bond donors (Lipinski definition) is 1. The van der Waals surface area contributed by atoms with Crippen molar-refractivity contribution in [1.82, 2.24) is 30.4 Å². The van der Waals surface area contributed by atoms with Gasteiger partial charge in [0.2, 0.25) is 5.91 Å². The molecule has 1 aliphatic rings. The first kappa shape index (κ1) is 19.3. The van der Waals surface area contributed by atoms with Gasteiger partial charge in [-0.15, -0.1) is 17.5 Å². The number of carbonyl (C=O) groups excluding carboxylic acids is 1. The number of carbonyl (C=O) groups is 1. The first-order chi connectivity index (χ1) is 11.6. The Labute approximate surface area is 152 Å². The van der Waals surface area contributed by atoms with Crippen molar-refractivity contribution in [3.63, 3.8) is 0 Å². The molecular weight excluding hydrogens is 347 g/mol. The molecule has 7 nitrogen and oxygen atoms in total. The number of aromatic nitrogens is 4. The van der Waals surface area contributed by atoms with E-state index in [0.29, 0.717) is 12.2 Å². The van der Waals surface area contributed by atoms with E-state index in [0.717, 1.165) is 25.1 Å². The van der Waals surface area contributed by atoms with Gasteiger partial charge in [-0.25, -0.2) is 9.07 Å². The molecule has 0 aliphatic carbocycles. The summed E-state index contributed by atoms with van der Waals surface area (Å²) in [5, 5.41) is 14.8. The Hall–Kier alpha value is -2.06. The largest absolute Gasteiger partial charge is 0.340 e. The van der Waals surface area contributed by atoms with Gasteiger partial charge in [0.1, 0.15) is 17.7 Å². The predicted octanol–water partition coefficient (Wildman–Crippen LogP) is 1.15. The maximum Gasteiger partial charge on any atom is 0.247 e. The highest BCUT2D eigenvalue weighted by atomic mass is 35.5. The van der Waals surface area contributed by atoms with Gasteiger partial charge in [0.05, 0.1) is 0 Å². The third kappa shape index (κ3) is 4.32. The monoisotopic (exact) mass is 368 g/mol. The van der Waals surface area contributed by atoms with Crippen LogP contribution in [0.2, 0.25) is 0 Å². The van der Waals surface area contributed by atoms with Crippen LogP contribution in [0.1, 0.15) is 23.9 Å². The van der Waals surface area contributed by atoms with Gasteiger partial charge in [0.25, 0.3) is 0 Å². The number of tetrazole rings is 1. The van der Waals surface area contributed by atoms with Crippen molar-refractivity contribution in [2.45, 2.75) is 31.8 Å².